The first-order valence-electron chi connectivity index (χ1n) is 10.1. The Hall–Kier alpha value is -2.78. The van der Waals surface area contributed by atoms with E-state index in [2.05, 4.69) is 5.32 Å². The van der Waals surface area contributed by atoms with Crippen LogP contribution in [-0.2, 0) is 28.5 Å². The smallest absolute Gasteiger partial charge is 0.303 e. The van der Waals surface area contributed by atoms with E-state index in [9.17, 15) is 9.59 Å². The average Bonchev–Trinajstić information content (AvgIpc) is 2.80. The summed E-state index contributed by atoms with van der Waals surface area (Å²) >= 11 is 0. The molecule has 8 nitrogen and oxygen atoms in total. The second kappa shape index (κ2) is 9.57. The van der Waals surface area contributed by atoms with Gasteiger partial charge in [0.25, 0.3) is 5.91 Å². The van der Waals surface area contributed by atoms with Crippen LogP contribution in [0.25, 0.3) is 0 Å². The average molecular weight is 427 g/mol. The van der Waals surface area contributed by atoms with Crippen LogP contribution in [0.1, 0.15) is 29.1 Å². The summed E-state index contributed by atoms with van der Waals surface area (Å²) in [6.45, 7) is 1.54. The van der Waals surface area contributed by atoms with Gasteiger partial charge in [0, 0.05) is 25.2 Å². The van der Waals surface area contributed by atoms with Gasteiger partial charge in [-0.1, -0.05) is 48.5 Å². The highest BCUT2D eigenvalue weighted by Crippen LogP contribution is 2.35. The summed E-state index contributed by atoms with van der Waals surface area (Å²) in [5.41, 5.74) is 1.30. The van der Waals surface area contributed by atoms with Crippen LogP contribution in [0.15, 0.2) is 60.7 Å². The van der Waals surface area contributed by atoms with E-state index in [1.807, 2.05) is 36.4 Å². The third kappa shape index (κ3) is 4.77. The van der Waals surface area contributed by atoms with Crippen molar-refractivity contribution in [2.75, 3.05) is 13.7 Å². The van der Waals surface area contributed by atoms with Crippen molar-refractivity contribution >= 4 is 11.9 Å². The van der Waals surface area contributed by atoms with Crippen molar-refractivity contribution in [3.8, 4) is 0 Å². The second-order valence-electron chi connectivity index (χ2n) is 7.39. The molecule has 2 aromatic rings. The van der Waals surface area contributed by atoms with Crippen LogP contribution in [-0.4, -0.2) is 56.2 Å². The molecule has 2 fully saturated rings. The molecule has 2 aliphatic rings. The summed E-state index contributed by atoms with van der Waals surface area (Å²) in [5, 5.41) is 2.89. The SMILES string of the molecule is CO[C@@H]1O[C@@H]2CO[C@H](c3ccccc3)O[C@H]2[C@@H](OC(C)=O)[C@H]1NC(=O)c1ccccc1. The first-order valence-corrected chi connectivity index (χ1v) is 10.1. The minimum atomic E-state index is -0.848. The zero-order valence-corrected chi connectivity index (χ0v) is 17.3. The highest BCUT2D eigenvalue weighted by molar-refractivity contribution is 5.94. The highest BCUT2D eigenvalue weighted by Gasteiger charge is 2.52. The lowest BCUT2D eigenvalue weighted by molar-refractivity contribution is -0.341. The Morgan fingerprint density at radius 1 is 1.00 bits per heavy atom. The molecule has 6 atom stereocenters. The van der Waals surface area contributed by atoms with Gasteiger partial charge in [0.2, 0.25) is 0 Å². The summed E-state index contributed by atoms with van der Waals surface area (Å²) in [6, 6.07) is 17.4. The molecule has 0 unspecified atom stereocenters. The number of ether oxygens (including phenoxy) is 5. The first-order chi connectivity index (χ1) is 15.1. The quantitative estimate of drug-likeness (QED) is 0.732. The molecule has 2 aromatic carbocycles. The van der Waals surface area contributed by atoms with Gasteiger partial charge in [-0.2, -0.15) is 0 Å². The number of fused-ring (bicyclic) bond motifs is 1. The number of amides is 1. The number of benzene rings is 2. The number of carbonyl (C=O) groups excluding carboxylic acids is 2. The topological polar surface area (TPSA) is 92.3 Å². The molecular formula is C23H25NO7. The molecule has 0 bridgehead atoms. The van der Waals surface area contributed by atoms with E-state index in [0.29, 0.717) is 5.56 Å². The fourth-order valence-corrected chi connectivity index (χ4v) is 3.86. The summed E-state index contributed by atoms with van der Waals surface area (Å²) in [6.07, 6.45) is -3.51. The van der Waals surface area contributed by atoms with Gasteiger partial charge in [0.1, 0.15) is 18.2 Å². The van der Waals surface area contributed by atoms with Crippen molar-refractivity contribution in [2.45, 2.75) is 43.9 Å². The van der Waals surface area contributed by atoms with Gasteiger partial charge in [-0.25, -0.2) is 0 Å². The van der Waals surface area contributed by atoms with Gasteiger partial charge in [0.05, 0.1) is 6.61 Å². The molecule has 0 spiro atoms. The van der Waals surface area contributed by atoms with E-state index in [1.54, 1.807) is 24.3 Å². The zero-order chi connectivity index (χ0) is 21.8. The zero-order valence-electron chi connectivity index (χ0n) is 17.3. The molecule has 164 valence electrons. The number of methoxy groups -OCH3 is 1. The lowest BCUT2D eigenvalue weighted by Crippen LogP contribution is -2.67. The van der Waals surface area contributed by atoms with Crippen molar-refractivity contribution in [1.29, 1.82) is 0 Å². The number of esters is 1. The maximum Gasteiger partial charge on any atom is 0.303 e. The van der Waals surface area contributed by atoms with Crippen molar-refractivity contribution in [2.24, 2.45) is 0 Å². The maximum absolute atomic E-state index is 12.8. The van der Waals surface area contributed by atoms with Crippen molar-refractivity contribution in [1.82, 2.24) is 5.32 Å². The molecule has 0 saturated carbocycles. The molecule has 4 rings (SSSR count). The number of rotatable bonds is 5. The maximum atomic E-state index is 12.8. The Balaban J connectivity index is 1.60. The van der Waals surface area contributed by atoms with Crippen LogP contribution < -0.4 is 5.32 Å². The van der Waals surface area contributed by atoms with Crippen molar-refractivity contribution < 1.29 is 33.3 Å². The molecule has 1 N–H and O–H groups in total. The molecule has 2 saturated heterocycles. The summed E-state index contributed by atoms with van der Waals surface area (Å²) in [4.78, 5) is 24.8. The van der Waals surface area contributed by atoms with Crippen LogP contribution in [0.3, 0.4) is 0 Å². The minimum Gasteiger partial charge on any atom is -0.457 e. The molecule has 0 aliphatic carbocycles. The molecule has 1 amide bonds. The number of nitrogens with one attached hydrogen (secondary N) is 1. The Kier molecular flexibility index (Phi) is 6.62. The van der Waals surface area contributed by atoms with Crippen LogP contribution >= 0.6 is 0 Å². The summed E-state index contributed by atoms with van der Waals surface area (Å²) < 4.78 is 29.1. The molecular weight excluding hydrogens is 402 g/mol. The standard InChI is InChI=1S/C23H25NO7/c1-14(25)29-20-18(24-21(26)15-9-5-3-6-10-15)23(27-2)30-17-13-28-22(31-19(17)20)16-11-7-4-8-12-16/h3-12,17-20,22-23H,13H2,1-2H3,(H,24,26)/t17-,18-,19-,20+,22+,23-/m1/s1. The predicted molar refractivity (Wildman–Crippen MR) is 109 cm³/mol. The molecule has 8 heteroatoms. The summed E-state index contributed by atoms with van der Waals surface area (Å²) in [5.74, 6) is -0.829. The van der Waals surface area contributed by atoms with E-state index >= 15 is 0 Å². The highest BCUT2D eigenvalue weighted by atomic mass is 16.7. The third-order valence-corrected chi connectivity index (χ3v) is 5.28. The molecule has 0 radical (unpaired) electrons. The van der Waals surface area contributed by atoms with Crippen molar-refractivity contribution in [3.63, 3.8) is 0 Å². The number of hydrogen-bond donors (Lipinski definition) is 1. The fraction of sp³-hybridized carbons (Fsp3) is 0.391. The Bertz CT molecular complexity index is 891. The van der Waals surface area contributed by atoms with Gasteiger partial charge in [-0.05, 0) is 12.1 Å². The molecule has 0 aromatic heterocycles. The molecule has 2 heterocycles. The summed E-state index contributed by atoms with van der Waals surface area (Å²) in [7, 11) is 1.47. The van der Waals surface area contributed by atoms with Gasteiger partial charge >= 0.3 is 5.97 Å². The van der Waals surface area contributed by atoms with Crippen LogP contribution in [0.5, 0.6) is 0 Å². The minimum absolute atomic E-state index is 0.223. The van der Waals surface area contributed by atoms with Crippen LogP contribution in [0, 0.1) is 0 Å². The van der Waals surface area contributed by atoms with Gasteiger partial charge in [-0.15, -0.1) is 0 Å². The van der Waals surface area contributed by atoms with Crippen molar-refractivity contribution in [3.05, 3.63) is 71.8 Å². The van der Waals surface area contributed by atoms with E-state index in [4.69, 9.17) is 23.7 Å². The number of hydrogen-bond acceptors (Lipinski definition) is 7. The number of carbonyl (C=O) groups is 2. The Morgan fingerprint density at radius 2 is 1.68 bits per heavy atom. The van der Waals surface area contributed by atoms with E-state index in [1.165, 1.54) is 14.0 Å². The van der Waals surface area contributed by atoms with Crippen LogP contribution in [0.2, 0.25) is 0 Å². The van der Waals surface area contributed by atoms with E-state index in [-0.39, 0.29) is 12.5 Å². The Morgan fingerprint density at radius 3 is 2.32 bits per heavy atom. The largest absolute Gasteiger partial charge is 0.457 e. The lowest BCUT2D eigenvalue weighted by atomic mass is 9.95. The monoisotopic (exact) mass is 427 g/mol. The molecule has 2 aliphatic heterocycles. The van der Waals surface area contributed by atoms with Gasteiger partial charge < -0.3 is 29.0 Å². The molecule has 31 heavy (non-hydrogen) atoms. The second-order valence-corrected chi connectivity index (χ2v) is 7.39. The van der Waals surface area contributed by atoms with Crippen LogP contribution in [0.4, 0.5) is 0 Å². The first kappa shape index (κ1) is 21.5. The van der Waals surface area contributed by atoms with Gasteiger partial charge in [-0.3, -0.25) is 9.59 Å². The fourth-order valence-electron chi connectivity index (χ4n) is 3.86. The van der Waals surface area contributed by atoms with E-state index in [0.717, 1.165) is 5.56 Å². The third-order valence-electron chi connectivity index (χ3n) is 5.28. The predicted octanol–water partition coefficient (Wildman–Crippen LogP) is 2.20. The van der Waals surface area contributed by atoms with Gasteiger partial charge in [0.15, 0.2) is 18.7 Å². The normalized spacial score (nSPS) is 30.1. The lowest BCUT2D eigenvalue weighted by Gasteiger charge is -2.48. The Labute approximate surface area is 180 Å². The van der Waals surface area contributed by atoms with E-state index < -0.39 is 42.9 Å².